The maximum atomic E-state index is 12.3. The number of primary amides is 1. The number of ether oxygens (including phenoxy) is 1. The zero-order valence-corrected chi connectivity index (χ0v) is 13.7. The third kappa shape index (κ3) is 3.02. The Hall–Kier alpha value is -1.44. The van der Waals surface area contributed by atoms with Crippen molar-refractivity contribution < 1.29 is 14.3 Å². The summed E-state index contributed by atoms with van der Waals surface area (Å²) in [6.45, 7) is 1.99. The molecule has 2 atom stereocenters. The topological polar surface area (TPSA) is 84.7 Å². The minimum atomic E-state index is -0.477. The Bertz CT molecular complexity index is 611. The summed E-state index contributed by atoms with van der Waals surface area (Å²) < 4.78 is 5.41. The molecule has 3 N–H and O–H groups in total. The second kappa shape index (κ2) is 5.98. The van der Waals surface area contributed by atoms with Crippen molar-refractivity contribution in [2.45, 2.75) is 19.4 Å². The molecule has 0 aromatic carbocycles. The highest BCUT2D eigenvalue weighted by molar-refractivity contribution is 7.17. The monoisotopic (exact) mass is 323 g/mol. The lowest BCUT2D eigenvalue weighted by Crippen LogP contribution is -2.22. The van der Waals surface area contributed by atoms with Crippen molar-refractivity contribution in [1.29, 1.82) is 0 Å². The Morgan fingerprint density at radius 1 is 1.45 bits per heavy atom. The lowest BCUT2D eigenvalue weighted by Gasteiger charge is -2.12. The fourth-order valence-corrected chi connectivity index (χ4v) is 4.22. The number of hydrogen-bond acceptors (Lipinski definition) is 5. The van der Waals surface area contributed by atoms with Crippen LogP contribution in [-0.2, 0) is 22.6 Å². The molecule has 3 rings (SSSR count). The number of hydrogen-bond donors (Lipinski definition) is 2. The highest BCUT2D eigenvalue weighted by Gasteiger charge is 2.43. The summed E-state index contributed by atoms with van der Waals surface area (Å²) in [5.74, 6) is -0.0346. The van der Waals surface area contributed by atoms with Gasteiger partial charge >= 0.3 is 0 Å². The second-order valence-corrected chi connectivity index (χ2v) is 7.33. The lowest BCUT2D eigenvalue weighted by atomic mass is 10.1. The first-order valence-electron chi connectivity index (χ1n) is 7.45. The van der Waals surface area contributed by atoms with Crippen LogP contribution in [0.5, 0.6) is 0 Å². The van der Waals surface area contributed by atoms with Gasteiger partial charge in [0.1, 0.15) is 5.00 Å². The first kappa shape index (κ1) is 15.5. The SMILES string of the molecule is CN(C)CC1CC1C(=O)Nc1sc2c(c1C(N)=O)CCOC2. The number of carbonyl (C=O) groups is 2. The Labute approximate surface area is 133 Å². The Morgan fingerprint density at radius 3 is 2.91 bits per heavy atom. The molecule has 0 spiro atoms. The van der Waals surface area contributed by atoms with Crippen molar-refractivity contribution in [3.8, 4) is 0 Å². The van der Waals surface area contributed by atoms with Crippen molar-refractivity contribution in [3.05, 3.63) is 16.0 Å². The van der Waals surface area contributed by atoms with E-state index in [2.05, 4.69) is 10.2 Å². The van der Waals surface area contributed by atoms with Crippen LogP contribution in [0.1, 0.15) is 27.2 Å². The van der Waals surface area contributed by atoms with Gasteiger partial charge in [-0.05, 0) is 38.4 Å². The van der Waals surface area contributed by atoms with Crippen LogP contribution in [0, 0.1) is 11.8 Å². The van der Waals surface area contributed by atoms with Crippen LogP contribution < -0.4 is 11.1 Å². The number of nitrogens with one attached hydrogen (secondary N) is 1. The van der Waals surface area contributed by atoms with E-state index in [1.165, 1.54) is 11.3 Å². The van der Waals surface area contributed by atoms with Gasteiger partial charge in [0, 0.05) is 17.3 Å². The number of fused-ring (bicyclic) bond motifs is 1. The zero-order valence-electron chi connectivity index (χ0n) is 12.8. The largest absolute Gasteiger partial charge is 0.376 e. The summed E-state index contributed by atoms with van der Waals surface area (Å²) >= 11 is 1.41. The van der Waals surface area contributed by atoms with E-state index in [4.69, 9.17) is 10.5 Å². The van der Waals surface area contributed by atoms with Gasteiger partial charge in [-0.15, -0.1) is 11.3 Å². The Balaban J connectivity index is 1.74. The average Bonchev–Trinajstić information content (AvgIpc) is 3.09. The van der Waals surface area contributed by atoms with Gasteiger partial charge in [-0.1, -0.05) is 0 Å². The Kier molecular flexibility index (Phi) is 4.20. The average molecular weight is 323 g/mol. The quantitative estimate of drug-likeness (QED) is 0.848. The molecule has 1 aromatic heterocycles. The number of anilines is 1. The van der Waals surface area contributed by atoms with Gasteiger partial charge in [-0.25, -0.2) is 0 Å². The van der Waals surface area contributed by atoms with Crippen molar-refractivity contribution in [3.63, 3.8) is 0 Å². The molecule has 2 aliphatic rings. The molecule has 2 heterocycles. The van der Waals surface area contributed by atoms with Gasteiger partial charge in [0.05, 0.1) is 18.8 Å². The number of rotatable bonds is 5. The van der Waals surface area contributed by atoms with Gasteiger partial charge in [0.25, 0.3) is 5.91 Å². The predicted octanol–water partition coefficient (Wildman–Crippen LogP) is 1.06. The van der Waals surface area contributed by atoms with Gasteiger partial charge in [-0.2, -0.15) is 0 Å². The van der Waals surface area contributed by atoms with Crippen molar-refractivity contribution in [2.75, 3.05) is 32.6 Å². The van der Waals surface area contributed by atoms with Crippen LogP contribution in [0.15, 0.2) is 0 Å². The number of thiophene rings is 1. The molecule has 2 amide bonds. The standard InChI is InChI=1S/C15H21N3O3S/c1-18(2)6-8-5-10(8)14(20)17-15-12(13(16)19)9-3-4-21-7-11(9)22-15/h8,10H,3-7H2,1-2H3,(H2,16,19)(H,17,20). The van der Waals surface area contributed by atoms with E-state index in [1.54, 1.807) is 0 Å². The van der Waals surface area contributed by atoms with Crippen LogP contribution in [0.4, 0.5) is 5.00 Å². The molecule has 1 aliphatic carbocycles. The summed E-state index contributed by atoms with van der Waals surface area (Å²) in [5.41, 5.74) is 6.93. The summed E-state index contributed by atoms with van der Waals surface area (Å²) in [5, 5.41) is 3.51. The van der Waals surface area contributed by atoms with Crippen molar-refractivity contribution in [2.24, 2.45) is 17.6 Å². The molecule has 0 bridgehead atoms. The van der Waals surface area contributed by atoms with E-state index in [9.17, 15) is 9.59 Å². The van der Waals surface area contributed by atoms with Crippen molar-refractivity contribution in [1.82, 2.24) is 4.90 Å². The van der Waals surface area contributed by atoms with E-state index >= 15 is 0 Å². The molecule has 1 saturated carbocycles. The zero-order chi connectivity index (χ0) is 15.9. The lowest BCUT2D eigenvalue weighted by molar-refractivity contribution is -0.117. The van der Waals surface area contributed by atoms with Gasteiger partial charge in [0.2, 0.25) is 5.91 Å². The molecular weight excluding hydrogens is 302 g/mol. The van der Waals surface area contributed by atoms with E-state index in [0.29, 0.717) is 36.1 Å². The van der Waals surface area contributed by atoms with Gasteiger partial charge < -0.3 is 20.7 Å². The summed E-state index contributed by atoms with van der Waals surface area (Å²) in [4.78, 5) is 27.2. The minimum Gasteiger partial charge on any atom is -0.376 e. The molecule has 1 fully saturated rings. The van der Waals surface area contributed by atoms with Crippen molar-refractivity contribution >= 4 is 28.2 Å². The maximum Gasteiger partial charge on any atom is 0.251 e. The number of nitrogens with two attached hydrogens (primary N) is 1. The normalized spacial score (nSPS) is 23.2. The van der Waals surface area contributed by atoms with E-state index < -0.39 is 5.91 Å². The fraction of sp³-hybridized carbons (Fsp3) is 0.600. The van der Waals surface area contributed by atoms with Gasteiger partial charge in [-0.3, -0.25) is 9.59 Å². The molecule has 120 valence electrons. The minimum absolute atomic E-state index is 0.00568. The van der Waals surface area contributed by atoms with E-state index in [0.717, 1.165) is 23.4 Å². The molecule has 6 nitrogen and oxygen atoms in total. The van der Waals surface area contributed by atoms with E-state index in [1.807, 2.05) is 14.1 Å². The van der Waals surface area contributed by atoms with Crippen LogP contribution in [0.25, 0.3) is 0 Å². The molecule has 0 saturated heterocycles. The maximum absolute atomic E-state index is 12.3. The Morgan fingerprint density at radius 2 is 2.23 bits per heavy atom. The smallest absolute Gasteiger partial charge is 0.251 e. The third-order valence-corrected chi connectivity index (χ3v) is 5.28. The summed E-state index contributed by atoms with van der Waals surface area (Å²) in [6, 6.07) is 0. The molecule has 1 aromatic rings. The van der Waals surface area contributed by atoms with Crippen LogP contribution in [0.3, 0.4) is 0 Å². The number of carbonyl (C=O) groups excluding carboxylic acids is 2. The first-order chi connectivity index (χ1) is 10.5. The molecule has 7 heteroatoms. The summed E-state index contributed by atoms with van der Waals surface area (Å²) in [7, 11) is 4.01. The highest BCUT2D eigenvalue weighted by atomic mass is 32.1. The molecule has 22 heavy (non-hydrogen) atoms. The number of nitrogens with zero attached hydrogens (tertiary/aromatic N) is 1. The molecule has 1 aliphatic heterocycles. The van der Waals surface area contributed by atoms with Gasteiger partial charge in [0.15, 0.2) is 0 Å². The second-order valence-electron chi connectivity index (χ2n) is 6.23. The van der Waals surface area contributed by atoms with Crippen LogP contribution in [0.2, 0.25) is 0 Å². The third-order valence-electron chi connectivity index (χ3n) is 4.16. The summed E-state index contributed by atoms with van der Waals surface area (Å²) in [6.07, 6.45) is 1.58. The van der Waals surface area contributed by atoms with Crippen LogP contribution >= 0.6 is 11.3 Å². The van der Waals surface area contributed by atoms with Crippen LogP contribution in [-0.4, -0.2) is 44.0 Å². The molecule has 2 unspecified atom stereocenters. The first-order valence-corrected chi connectivity index (χ1v) is 8.26. The highest BCUT2D eigenvalue weighted by Crippen LogP contribution is 2.41. The molecule has 0 radical (unpaired) electrons. The molecular formula is C15H21N3O3S. The number of amides is 2. The van der Waals surface area contributed by atoms with E-state index in [-0.39, 0.29) is 11.8 Å². The fourth-order valence-electron chi connectivity index (χ4n) is 3.03. The predicted molar refractivity (Wildman–Crippen MR) is 85.0 cm³/mol.